The molecule has 2 unspecified atom stereocenters. The largest absolute Gasteiger partial charge is 0.487 e. The van der Waals surface area contributed by atoms with Gasteiger partial charge in [0.15, 0.2) is 0 Å². The summed E-state index contributed by atoms with van der Waals surface area (Å²) >= 11 is 0. The van der Waals surface area contributed by atoms with Gasteiger partial charge < -0.3 is 9.84 Å². The SMILES string of the molecule is OC(C(F)F)C(c1ccc(OCc2cccc(C(F)(F)F)c2)cn1)n1cnnn1. The number of aliphatic hydroxyl groups is 1. The Labute approximate surface area is 160 Å². The highest BCUT2D eigenvalue weighted by molar-refractivity contribution is 5.27. The Morgan fingerprint density at radius 3 is 2.52 bits per heavy atom. The summed E-state index contributed by atoms with van der Waals surface area (Å²) in [6, 6.07) is 6.06. The Hall–Kier alpha value is -3.15. The molecule has 2 heterocycles. The lowest BCUT2D eigenvalue weighted by Gasteiger charge is -2.21. The van der Waals surface area contributed by atoms with Crippen molar-refractivity contribution in [1.29, 1.82) is 0 Å². The van der Waals surface area contributed by atoms with Gasteiger partial charge >= 0.3 is 6.18 Å². The summed E-state index contributed by atoms with van der Waals surface area (Å²) in [6.07, 6.45) is -7.37. The van der Waals surface area contributed by atoms with Crippen LogP contribution in [-0.2, 0) is 12.8 Å². The molecule has 7 nitrogen and oxygen atoms in total. The van der Waals surface area contributed by atoms with Gasteiger partial charge in [-0.2, -0.15) is 13.2 Å². The van der Waals surface area contributed by atoms with Gasteiger partial charge in [0.1, 0.15) is 30.8 Å². The van der Waals surface area contributed by atoms with Crippen molar-refractivity contribution in [1.82, 2.24) is 25.2 Å². The van der Waals surface area contributed by atoms with E-state index in [1.807, 2.05) is 0 Å². The predicted octanol–water partition coefficient (Wildman–Crippen LogP) is 2.88. The summed E-state index contributed by atoms with van der Waals surface area (Å²) in [6.45, 7) is -0.152. The van der Waals surface area contributed by atoms with Crippen LogP contribution in [0, 0.1) is 0 Å². The number of nitrogens with zero attached hydrogens (tertiary/aromatic N) is 5. The molecule has 154 valence electrons. The van der Waals surface area contributed by atoms with E-state index in [4.69, 9.17) is 4.74 Å². The van der Waals surface area contributed by atoms with E-state index in [9.17, 15) is 27.1 Å². The Morgan fingerprint density at radius 2 is 1.93 bits per heavy atom. The summed E-state index contributed by atoms with van der Waals surface area (Å²) in [5.74, 6) is 0.202. The molecule has 2 aromatic heterocycles. The highest BCUT2D eigenvalue weighted by atomic mass is 19.4. The number of benzene rings is 1. The van der Waals surface area contributed by atoms with Crippen LogP contribution < -0.4 is 4.74 Å². The third-order valence-electron chi connectivity index (χ3n) is 3.95. The average molecular weight is 415 g/mol. The van der Waals surface area contributed by atoms with Crippen LogP contribution in [-0.4, -0.2) is 42.8 Å². The van der Waals surface area contributed by atoms with Crippen LogP contribution in [0.4, 0.5) is 22.0 Å². The first kappa shape index (κ1) is 20.6. The van der Waals surface area contributed by atoms with Gasteiger partial charge in [-0.25, -0.2) is 13.5 Å². The van der Waals surface area contributed by atoms with Gasteiger partial charge in [0.05, 0.1) is 17.5 Å². The van der Waals surface area contributed by atoms with Crippen LogP contribution in [0.15, 0.2) is 48.9 Å². The number of rotatable bonds is 7. The Bertz CT molecular complexity index is 919. The van der Waals surface area contributed by atoms with Gasteiger partial charge in [-0.05, 0) is 40.3 Å². The van der Waals surface area contributed by atoms with E-state index in [1.54, 1.807) is 0 Å². The molecular formula is C17H14F5N5O2. The zero-order valence-electron chi connectivity index (χ0n) is 14.5. The number of hydrogen-bond donors (Lipinski definition) is 1. The number of tetrazole rings is 1. The minimum atomic E-state index is -4.46. The normalized spacial score (nSPS) is 14.0. The molecule has 0 aliphatic carbocycles. The van der Waals surface area contributed by atoms with Crippen LogP contribution in [0.5, 0.6) is 5.75 Å². The van der Waals surface area contributed by atoms with E-state index < -0.39 is 30.3 Å². The number of ether oxygens (including phenoxy) is 1. The quantitative estimate of drug-likeness (QED) is 0.598. The highest BCUT2D eigenvalue weighted by Crippen LogP contribution is 2.30. The average Bonchev–Trinajstić information content (AvgIpc) is 3.21. The second kappa shape index (κ2) is 8.47. The van der Waals surface area contributed by atoms with Crippen LogP contribution >= 0.6 is 0 Å². The minimum absolute atomic E-state index is 0.0523. The maximum atomic E-state index is 13.0. The first-order valence-electron chi connectivity index (χ1n) is 8.19. The zero-order valence-corrected chi connectivity index (χ0v) is 14.5. The summed E-state index contributed by atoms with van der Waals surface area (Å²) in [5, 5.41) is 20.0. The van der Waals surface area contributed by atoms with Crippen molar-refractivity contribution in [3.8, 4) is 5.75 Å². The summed E-state index contributed by atoms with van der Waals surface area (Å²) in [5.41, 5.74) is -0.447. The zero-order chi connectivity index (χ0) is 21.0. The third-order valence-corrected chi connectivity index (χ3v) is 3.95. The lowest BCUT2D eigenvalue weighted by molar-refractivity contribution is -0.137. The van der Waals surface area contributed by atoms with Gasteiger partial charge in [-0.1, -0.05) is 12.1 Å². The molecule has 0 fully saturated rings. The Kier molecular flexibility index (Phi) is 6.01. The summed E-state index contributed by atoms with van der Waals surface area (Å²) < 4.78 is 70.6. The van der Waals surface area contributed by atoms with Crippen LogP contribution in [0.3, 0.4) is 0 Å². The van der Waals surface area contributed by atoms with Crippen molar-refractivity contribution in [2.24, 2.45) is 0 Å². The number of hydrogen-bond acceptors (Lipinski definition) is 6. The lowest BCUT2D eigenvalue weighted by Crippen LogP contribution is -2.32. The molecule has 0 bridgehead atoms. The molecular weight excluding hydrogens is 401 g/mol. The van der Waals surface area contributed by atoms with Crippen molar-refractivity contribution in [2.75, 3.05) is 0 Å². The Balaban J connectivity index is 1.73. The molecule has 0 aliphatic rings. The van der Waals surface area contributed by atoms with Gasteiger partial charge in [-0.15, -0.1) is 5.10 Å². The van der Waals surface area contributed by atoms with Crippen molar-refractivity contribution in [3.63, 3.8) is 0 Å². The van der Waals surface area contributed by atoms with Gasteiger partial charge in [0.25, 0.3) is 6.43 Å². The van der Waals surface area contributed by atoms with Crippen molar-refractivity contribution >= 4 is 0 Å². The molecule has 0 radical (unpaired) electrons. The van der Waals surface area contributed by atoms with E-state index in [0.717, 1.165) is 23.1 Å². The predicted molar refractivity (Wildman–Crippen MR) is 88.0 cm³/mol. The van der Waals surface area contributed by atoms with E-state index in [2.05, 4.69) is 20.5 Å². The van der Waals surface area contributed by atoms with Crippen molar-refractivity contribution in [2.45, 2.75) is 31.4 Å². The fraction of sp³-hybridized carbons (Fsp3) is 0.294. The molecule has 0 saturated carbocycles. The van der Waals surface area contributed by atoms with Gasteiger partial charge in [0.2, 0.25) is 0 Å². The molecule has 3 rings (SSSR count). The standard InChI is InChI=1S/C17H14F5N5O2/c18-16(19)15(28)14(27-9-24-25-26-27)13-5-4-12(7-23-13)29-8-10-2-1-3-11(6-10)17(20,21)22/h1-7,9,14-16,28H,8H2. The molecule has 0 spiro atoms. The summed E-state index contributed by atoms with van der Waals surface area (Å²) in [7, 11) is 0. The molecule has 29 heavy (non-hydrogen) atoms. The number of aromatic nitrogens is 5. The van der Waals surface area contributed by atoms with Crippen molar-refractivity contribution in [3.05, 3.63) is 65.7 Å². The molecule has 12 heteroatoms. The highest BCUT2D eigenvalue weighted by Gasteiger charge is 2.33. The minimum Gasteiger partial charge on any atom is -0.487 e. The third kappa shape index (κ3) is 5.02. The molecule has 1 N–H and O–H groups in total. The maximum Gasteiger partial charge on any atom is 0.416 e. The van der Waals surface area contributed by atoms with E-state index in [1.165, 1.54) is 30.5 Å². The first-order valence-corrected chi connectivity index (χ1v) is 8.19. The number of aliphatic hydroxyl groups excluding tert-OH is 1. The van der Waals surface area contributed by atoms with Gasteiger partial charge in [0, 0.05) is 0 Å². The molecule has 0 aliphatic heterocycles. The van der Waals surface area contributed by atoms with Crippen molar-refractivity contribution < 1.29 is 31.8 Å². The van der Waals surface area contributed by atoms with E-state index in [-0.39, 0.29) is 18.1 Å². The fourth-order valence-electron chi connectivity index (χ4n) is 2.56. The second-order valence-corrected chi connectivity index (χ2v) is 5.97. The molecule has 1 aromatic carbocycles. The van der Waals surface area contributed by atoms with Crippen LogP contribution in [0.2, 0.25) is 0 Å². The molecule has 3 aromatic rings. The number of halogens is 5. The first-order chi connectivity index (χ1) is 13.8. The topological polar surface area (TPSA) is 86.0 Å². The fourth-order valence-corrected chi connectivity index (χ4v) is 2.56. The smallest absolute Gasteiger partial charge is 0.416 e. The second-order valence-electron chi connectivity index (χ2n) is 5.97. The van der Waals surface area contributed by atoms with Crippen LogP contribution in [0.25, 0.3) is 0 Å². The lowest BCUT2D eigenvalue weighted by atomic mass is 10.1. The van der Waals surface area contributed by atoms with Crippen LogP contribution in [0.1, 0.15) is 22.9 Å². The van der Waals surface area contributed by atoms with Gasteiger partial charge in [-0.3, -0.25) is 4.98 Å². The Morgan fingerprint density at radius 1 is 1.14 bits per heavy atom. The van der Waals surface area contributed by atoms with E-state index >= 15 is 0 Å². The van der Waals surface area contributed by atoms with E-state index in [0.29, 0.717) is 5.56 Å². The molecule has 0 saturated heterocycles. The molecule has 0 amide bonds. The number of pyridine rings is 1. The molecule has 2 atom stereocenters. The number of alkyl halides is 5. The maximum absolute atomic E-state index is 13.0. The monoisotopic (exact) mass is 415 g/mol. The summed E-state index contributed by atoms with van der Waals surface area (Å²) in [4.78, 5) is 3.99.